The normalized spacial score (nSPS) is 10.9. The zero-order valence-electron chi connectivity index (χ0n) is 11.7. The Labute approximate surface area is 127 Å². The maximum Gasteiger partial charge on any atom is 0.197 e. The van der Waals surface area contributed by atoms with Gasteiger partial charge >= 0.3 is 0 Å². The van der Waals surface area contributed by atoms with E-state index in [1.807, 2.05) is 60.8 Å². The SMILES string of the molecule is Nc1nc2ccccc2nc1-n1cc(-c2ccccc2)cn1. The van der Waals surface area contributed by atoms with E-state index in [9.17, 15) is 0 Å². The molecule has 4 rings (SSSR count). The van der Waals surface area contributed by atoms with Gasteiger partial charge in [-0.25, -0.2) is 14.6 Å². The molecule has 0 aliphatic rings. The average Bonchev–Trinajstić information content (AvgIpc) is 3.05. The molecule has 0 atom stereocenters. The van der Waals surface area contributed by atoms with Crippen molar-refractivity contribution in [3.05, 3.63) is 67.0 Å². The van der Waals surface area contributed by atoms with Gasteiger partial charge in [-0.15, -0.1) is 0 Å². The first-order chi connectivity index (χ1) is 10.8. The van der Waals surface area contributed by atoms with Gasteiger partial charge in [0.05, 0.1) is 17.2 Å². The molecule has 22 heavy (non-hydrogen) atoms. The molecular formula is C17H13N5. The highest BCUT2D eigenvalue weighted by Crippen LogP contribution is 2.22. The predicted octanol–water partition coefficient (Wildman–Crippen LogP) is 3.06. The summed E-state index contributed by atoms with van der Waals surface area (Å²) >= 11 is 0. The van der Waals surface area contributed by atoms with E-state index >= 15 is 0 Å². The van der Waals surface area contributed by atoms with E-state index in [2.05, 4.69) is 15.1 Å². The highest BCUT2D eigenvalue weighted by atomic mass is 15.3. The van der Waals surface area contributed by atoms with Gasteiger partial charge in [-0.1, -0.05) is 42.5 Å². The maximum atomic E-state index is 6.03. The smallest absolute Gasteiger partial charge is 0.197 e. The summed E-state index contributed by atoms with van der Waals surface area (Å²) < 4.78 is 1.66. The second-order valence-electron chi connectivity index (χ2n) is 4.96. The van der Waals surface area contributed by atoms with Gasteiger partial charge in [-0.3, -0.25) is 0 Å². The molecule has 0 saturated heterocycles. The third-order valence-electron chi connectivity index (χ3n) is 3.48. The Hall–Kier alpha value is -3.21. The molecule has 0 amide bonds. The Balaban J connectivity index is 1.82. The van der Waals surface area contributed by atoms with E-state index < -0.39 is 0 Å². The number of anilines is 1. The molecule has 2 N–H and O–H groups in total. The van der Waals surface area contributed by atoms with E-state index in [-0.39, 0.29) is 0 Å². The van der Waals surface area contributed by atoms with Gasteiger partial charge in [0.1, 0.15) is 0 Å². The number of fused-ring (bicyclic) bond motifs is 1. The van der Waals surface area contributed by atoms with Crippen molar-refractivity contribution in [2.45, 2.75) is 0 Å². The van der Waals surface area contributed by atoms with Gasteiger partial charge in [0.15, 0.2) is 11.6 Å². The quantitative estimate of drug-likeness (QED) is 0.615. The third kappa shape index (κ3) is 2.09. The molecule has 2 heterocycles. The molecule has 106 valence electrons. The van der Waals surface area contributed by atoms with E-state index in [1.54, 1.807) is 10.9 Å². The first-order valence-corrected chi connectivity index (χ1v) is 6.94. The molecule has 0 bridgehead atoms. The van der Waals surface area contributed by atoms with Gasteiger partial charge in [0.25, 0.3) is 0 Å². The number of nitrogens with zero attached hydrogens (tertiary/aromatic N) is 4. The van der Waals surface area contributed by atoms with E-state index in [4.69, 9.17) is 5.73 Å². The zero-order valence-corrected chi connectivity index (χ0v) is 11.7. The summed E-state index contributed by atoms with van der Waals surface area (Å²) in [7, 11) is 0. The number of para-hydroxylation sites is 2. The fourth-order valence-corrected chi connectivity index (χ4v) is 2.39. The molecule has 0 unspecified atom stereocenters. The minimum absolute atomic E-state index is 0.362. The minimum Gasteiger partial charge on any atom is -0.381 e. The van der Waals surface area contributed by atoms with Crippen molar-refractivity contribution >= 4 is 16.9 Å². The first-order valence-electron chi connectivity index (χ1n) is 6.94. The first kappa shape index (κ1) is 12.5. The molecule has 5 nitrogen and oxygen atoms in total. The Bertz CT molecular complexity index is 944. The number of nitrogen functional groups attached to an aromatic ring is 1. The van der Waals surface area contributed by atoms with Crippen LogP contribution in [0, 0.1) is 0 Å². The number of benzene rings is 2. The number of nitrogens with two attached hydrogens (primary N) is 1. The van der Waals surface area contributed by atoms with Crippen LogP contribution in [0.4, 0.5) is 5.82 Å². The Morgan fingerprint density at radius 1 is 0.773 bits per heavy atom. The number of rotatable bonds is 2. The van der Waals surface area contributed by atoms with Crippen LogP contribution < -0.4 is 5.73 Å². The lowest BCUT2D eigenvalue weighted by atomic mass is 10.1. The van der Waals surface area contributed by atoms with Crippen LogP contribution >= 0.6 is 0 Å². The molecule has 0 aliphatic carbocycles. The lowest BCUT2D eigenvalue weighted by Gasteiger charge is -2.05. The fourth-order valence-electron chi connectivity index (χ4n) is 2.39. The predicted molar refractivity (Wildman–Crippen MR) is 86.5 cm³/mol. The highest BCUT2D eigenvalue weighted by molar-refractivity contribution is 5.77. The fraction of sp³-hybridized carbons (Fsp3) is 0. The summed E-state index contributed by atoms with van der Waals surface area (Å²) in [6.07, 6.45) is 3.70. The van der Waals surface area contributed by atoms with Crippen LogP contribution in [0.5, 0.6) is 0 Å². The monoisotopic (exact) mass is 287 g/mol. The van der Waals surface area contributed by atoms with Crippen molar-refractivity contribution < 1.29 is 0 Å². The van der Waals surface area contributed by atoms with Crippen molar-refractivity contribution in [3.8, 4) is 16.9 Å². The third-order valence-corrected chi connectivity index (χ3v) is 3.48. The van der Waals surface area contributed by atoms with Gasteiger partial charge < -0.3 is 5.73 Å². The van der Waals surface area contributed by atoms with Crippen LogP contribution in [0.15, 0.2) is 67.0 Å². The average molecular weight is 287 g/mol. The van der Waals surface area contributed by atoms with Crippen molar-refractivity contribution in [2.24, 2.45) is 0 Å². The highest BCUT2D eigenvalue weighted by Gasteiger charge is 2.10. The van der Waals surface area contributed by atoms with Crippen LogP contribution in [-0.4, -0.2) is 19.7 Å². The molecule has 0 saturated carbocycles. The molecule has 2 aromatic heterocycles. The molecule has 4 aromatic rings. The second-order valence-corrected chi connectivity index (χ2v) is 4.96. The van der Waals surface area contributed by atoms with E-state index in [0.29, 0.717) is 11.6 Å². The number of hydrogen-bond donors (Lipinski definition) is 1. The Morgan fingerprint density at radius 3 is 2.23 bits per heavy atom. The number of aromatic nitrogens is 4. The van der Waals surface area contributed by atoms with Crippen molar-refractivity contribution in [3.63, 3.8) is 0 Å². The molecule has 2 aromatic carbocycles. The molecule has 0 radical (unpaired) electrons. The summed E-state index contributed by atoms with van der Waals surface area (Å²) in [6.45, 7) is 0. The minimum atomic E-state index is 0.362. The molecular weight excluding hydrogens is 274 g/mol. The van der Waals surface area contributed by atoms with Gasteiger partial charge in [-0.2, -0.15) is 5.10 Å². The molecule has 0 spiro atoms. The summed E-state index contributed by atoms with van der Waals surface area (Å²) in [6, 6.07) is 17.7. The summed E-state index contributed by atoms with van der Waals surface area (Å²) in [5.41, 5.74) is 9.71. The van der Waals surface area contributed by atoms with Crippen LogP contribution in [0.3, 0.4) is 0 Å². The summed E-state index contributed by atoms with van der Waals surface area (Å²) in [5, 5.41) is 4.36. The van der Waals surface area contributed by atoms with E-state index in [0.717, 1.165) is 22.2 Å². The Kier molecular flexibility index (Phi) is 2.83. The van der Waals surface area contributed by atoms with Gasteiger partial charge in [0, 0.05) is 11.8 Å². The summed E-state index contributed by atoms with van der Waals surface area (Å²) in [5.74, 6) is 0.905. The number of hydrogen-bond acceptors (Lipinski definition) is 4. The van der Waals surface area contributed by atoms with Crippen LogP contribution in [-0.2, 0) is 0 Å². The largest absolute Gasteiger partial charge is 0.381 e. The summed E-state index contributed by atoms with van der Waals surface area (Å²) in [4.78, 5) is 8.95. The Morgan fingerprint density at radius 2 is 1.45 bits per heavy atom. The maximum absolute atomic E-state index is 6.03. The van der Waals surface area contributed by atoms with Crippen molar-refractivity contribution in [1.29, 1.82) is 0 Å². The standard InChI is InChI=1S/C17H13N5/c18-16-17(21-15-9-5-4-8-14(15)20-16)22-11-13(10-19-22)12-6-2-1-3-7-12/h1-11H,(H2,18,20). The zero-order chi connectivity index (χ0) is 14.9. The molecule has 0 aliphatic heterocycles. The van der Waals surface area contributed by atoms with Crippen LogP contribution in [0.25, 0.3) is 28.0 Å². The van der Waals surface area contributed by atoms with Crippen LogP contribution in [0.1, 0.15) is 0 Å². The molecule has 5 heteroatoms. The van der Waals surface area contributed by atoms with Gasteiger partial charge in [0.2, 0.25) is 0 Å². The van der Waals surface area contributed by atoms with E-state index in [1.165, 1.54) is 0 Å². The topological polar surface area (TPSA) is 69.6 Å². The lowest BCUT2D eigenvalue weighted by molar-refractivity contribution is 0.850. The van der Waals surface area contributed by atoms with Crippen LogP contribution in [0.2, 0.25) is 0 Å². The molecule has 0 fully saturated rings. The lowest BCUT2D eigenvalue weighted by Crippen LogP contribution is -2.05. The second kappa shape index (κ2) is 4.96. The van der Waals surface area contributed by atoms with Crippen molar-refractivity contribution in [2.75, 3.05) is 5.73 Å². The van der Waals surface area contributed by atoms with Gasteiger partial charge in [-0.05, 0) is 17.7 Å². The van der Waals surface area contributed by atoms with Crippen molar-refractivity contribution in [1.82, 2.24) is 19.7 Å².